The number of hydrogen-bond donors (Lipinski definition) is 1. The van der Waals surface area contributed by atoms with Crippen LogP contribution in [-0.4, -0.2) is 25.9 Å². The molecule has 1 amide bonds. The van der Waals surface area contributed by atoms with E-state index in [0.717, 1.165) is 0 Å². The Morgan fingerprint density at radius 1 is 1.26 bits per heavy atom. The van der Waals surface area contributed by atoms with Gasteiger partial charge in [-0.15, -0.1) is 16.8 Å². The van der Waals surface area contributed by atoms with Crippen LogP contribution in [0.2, 0.25) is 0 Å². The summed E-state index contributed by atoms with van der Waals surface area (Å²) < 4.78 is 34.8. The molecule has 1 heterocycles. The van der Waals surface area contributed by atoms with Crippen LogP contribution in [0, 0.1) is 18.6 Å². The topological polar surface area (TPSA) is 69.0 Å². The van der Waals surface area contributed by atoms with Crippen molar-refractivity contribution in [2.75, 3.05) is 5.32 Å². The largest absolute Gasteiger partial charge is 0.483 e. The second kappa shape index (κ2) is 10.2. The number of anilines is 1. The Morgan fingerprint density at radius 3 is 2.74 bits per heavy atom. The normalized spacial score (nSPS) is 11.7. The van der Waals surface area contributed by atoms with Crippen molar-refractivity contribution in [3.05, 3.63) is 78.1 Å². The standard InChI is InChI=1S/C22H22F2N4O2S/c1-4-11-28-20(13-30-19-8-6-5-7-17(19)23)26-27-22(28)31-15(3)21(29)25-16-10-9-14(2)18(24)12-16/h4-10,12,15H,1,11,13H2,2-3H3,(H,25,29). The van der Waals surface area contributed by atoms with Gasteiger partial charge in [-0.2, -0.15) is 0 Å². The van der Waals surface area contributed by atoms with Gasteiger partial charge in [0.05, 0.1) is 5.25 Å². The molecular formula is C22H22F2N4O2S. The van der Waals surface area contributed by atoms with E-state index in [1.165, 1.54) is 30.0 Å². The van der Waals surface area contributed by atoms with Crippen molar-refractivity contribution in [3.63, 3.8) is 0 Å². The molecule has 3 aromatic rings. The molecule has 2 aromatic carbocycles. The molecule has 31 heavy (non-hydrogen) atoms. The summed E-state index contributed by atoms with van der Waals surface area (Å²) in [6.45, 7) is 7.50. The fraction of sp³-hybridized carbons (Fsp3) is 0.227. The predicted octanol–water partition coefficient (Wildman–Crippen LogP) is 4.75. The van der Waals surface area contributed by atoms with Crippen molar-refractivity contribution >= 4 is 23.4 Å². The molecule has 9 heteroatoms. The first-order chi connectivity index (χ1) is 14.9. The summed E-state index contributed by atoms with van der Waals surface area (Å²) in [6, 6.07) is 10.6. The summed E-state index contributed by atoms with van der Waals surface area (Å²) in [7, 11) is 0. The Hall–Kier alpha value is -3.20. The molecule has 0 fully saturated rings. The molecule has 1 unspecified atom stereocenters. The number of nitrogens with zero attached hydrogens (tertiary/aromatic N) is 3. The number of nitrogens with one attached hydrogen (secondary N) is 1. The zero-order valence-electron chi connectivity index (χ0n) is 17.1. The van der Waals surface area contributed by atoms with E-state index in [0.29, 0.717) is 28.8 Å². The summed E-state index contributed by atoms with van der Waals surface area (Å²) in [4.78, 5) is 12.5. The lowest BCUT2D eigenvalue weighted by Crippen LogP contribution is -2.23. The second-order valence-electron chi connectivity index (χ2n) is 6.73. The average Bonchev–Trinajstić information content (AvgIpc) is 3.11. The highest BCUT2D eigenvalue weighted by Crippen LogP contribution is 2.25. The van der Waals surface area contributed by atoms with Crippen molar-refractivity contribution in [2.45, 2.75) is 37.4 Å². The highest BCUT2D eigenvalue weighted by molar-refractivity contribution is 8.00. The maximum absolute atomic E-state index is 13.8. The van der Waals surface area contributed by atoms with Crippen LogP contribution in [0.5, 0.6) is 5.75 Å². The lowest BCUT2D eigenvalue weighted by Gasteiger charge is -2.13. The minimum Gasteiger partial charge on any atom is -0.483 e. The first-order valence-corrected chi connectivity index (χ1v) is 10.4. The zero-order valence-corrected chi connectivity index (χ0v) is 18.0. The highest BCUT2D eigenvalue weighted by atomic mass is 32.2. The van der Waals surface area contributed by atoms with Crippen LogP contribution < -0.4 is 10.1 Å². The van der Waals surface area contributed by atoms with Crippen LogP contribution in [-0.2, 0) is 17.9 Å². The van der Waals surface area contributed by atoms with E-state index in [-0.39, 0.29) is 24.1 Å². The van der Waals surface area contributed by atoms with E-state index in [1.807, 2.05) is 0 Å². The van der Waals surface area contributed by atoms with Crippen LogP contribution in [0.4, 0.5) is 14.5 Å². The van der Waals surface area contributed by atoms with E-state index in [9.17, 15) is 13.6 Å². The lowest BCUT2D eigenvalue weighted by molar-refractivity contribution is -0.115. The summed E-state index contributed by atoms with van der Waals surface area (Å²) in [5, 5.41) is 10.9. The van der Waals surface area contributed by atoms with Gasteiger partial charge in [-0.25, -0.2) is 8.78 Å². The smallest absolute Gasteiger partial charge is 0.237 e. The van der Waals surface area contributed by atoms with Gasteiger partial charge in [0.25, 0.3) is 0 Å². The number of thioether (sulfide) groups is 1. The number of rotatable bonds is 9. The van der Waals surface area contributed by atoms with Gasteiger partial charge in [0, 0.05) is 12.2 Å². The van der Waals surface area contributed by atoms with E-state index < -0.39 is 11.1 Å². The van der Waals surface area contributed by atoms with Crippen molar-refractivity contribution < 1.29 is 18.3 Å². The van der Waals surface area contributed by atoms with Gasteiger partial charge in [0.2, 0.25) is 5.91 Å². The quantitative estimate of drug-likeness (QED) is 0.381. The number of benzene rings is 2. The Kier molecular flexibility index (Phi) is 7.41. The third-order valence-corrected chi connectivity index (χ3v) is 5.47. The minimum atomic E-state index is -0.530. The molecule has 0 bridgehead atoms. The number of ether oxygens (including phenoxy) is 1. The third kappa shape index (κ3) is 5.69. The fourth-order valence-electron chi connectivity index (χ4n) is 2.66. The van der Waals surface area contributed by atoms with Gasteiger partial charge in [0.1, 0.15) is 12.4 Å². The molecule has 0 radical (unpaired) electrons. The molecule has 0 aliphatic heterocycles. The van der Waals surface area contributed by atoms with Crippen molar-refractivity contribution in [3.8, 4) is 5.75 Å². The average molecular weight is 445 g/mol. The molecule has 0 saturated heterocycles. The molecular weight excluding hydrogens is 422 g/mol. The maximum atomic E-state index is 13.8. The Bertz CT molecular complexity index is 1090. The van der Waals surface area contributed by atoms with Gasteiger partial charge in [-0.1, -0.05) is 36.0 Å². The monoisotopic (exact) mass is 444 g/mol. The third-order valence-electron chi connectivity index (χ3n) is 4.39. The fourth-order valence-corrected chi connectivity index (χ4v) is 3.53. The molecule has 162 valence electrons. The predicted molar refractivity (Wildman–Crippen MR) is 116 cm³/mol. The molecule has 1 N–H and O–H groups in total. The Morgan fingerprint density at radius 2 is 2.03 bits per heavy atom. The van der Waals surface area contributed by atoms with Crippen LogP contribution in [0.15, 0.2) is 60.3 Å². The molecule has 1 atom stereocenters. The van der Waals surface area contributed by atoms with Crippen LogP contribution in [0.1, 0.15) is 18.3 Å². The Balaban J connectivity index is 1.68. The number of aryl methyl sites for hydroxylation is 1. The number of para-hydroxylation sites is 1. The van der Waals surface area contributed by atoms with E-state index >= 15 is 0 Å². The molecule has 6 nitrogen and oxygen atoms in total. The van der Waals surface area contributed by atoms with Crippen LogP contribution in [0.3, 0.4) is 0 Å². The van der Waals surface area contributed by atoms with Gasteiger partial charge >= 0.3 is 0 Å². The number of hydrogen-bond acceptors (Lipinski definition) is 5. The van der Waals surface area contributed by atoms with Crippen molar-refractivity contribution in [1.29, 1.82) is 0 Å². The van der Waals surface area contributed by atoms with Gasteiger partial charge in [0.15, 0.2) is 22.5 Å². The summed E-state index contributed by atoms with van der Waals surface area (Å²) in [5.74, 6) is -0.569. The molecule has 0 aliphatic rings. The molecule has 3 rings (SSSR count). The molecule has 0 aliphatic carbocycles. The lowest BCUT2D eigenvalue weighted by atomic mass is 10.2. The van der Waals surface area contributed by atoms with Gasteiger partial charge in [-0.3, -0.25) is 9.36 Å². The van der Waals surface area contributed by atoms with Crippen LogP contribution in [0.25, 0.3) is 0 Å². The van der Waals surface area contributed by atoms with Crippen LogP contribution >= 0.6 is 11.8 Å². The molecule has 0 spiro atoms. The molecule has 1 aromatic heterocycles. The summed E-state index contributed by atoms with van der Waals surface area (Å²) in [6.07, 6.45) is 1.67. The first-order valence-electron chi connectivity index (χ1n) is 9.53. The number of amides is 1. The number of carbonyl (C=O) groups excluding carboxylic acids is 1. The summed E-state index contributed by atoms with van der Waals surface area (Å²) in [5.41, 5.74) is 0.884. The highest BCUT2D eigenvalue weighted by Gasteiger charge is 2.20. The van der Waals surface area contributed by atoms with E-state index in [1.54, 1.807) is 48.8 Å². The number of carbonyl (C=O) groups is 1. The number of aromatic nitrogens is 3. The zero-order chi connectivity index (χ0) is 22.4. The molecule has 0 saturated carbocycles. The van der Waals surface area contributed by atoms with Crippen molar-refractivity contribution in [1.82, 2.24) is 14.8 Å². The number of allylic oxidation sites excluding steroid dienone is 1. The van der Waals surface area contributed by atoms with Crippen molar-refractivity contribution in [2.24, 2.45) is 0 Å². The summed E-state index contributed by atoms with van der Waals surface area (Å²) >= 11 is 1.20. The van der Waals surface area contributed by atoms with Gasteiger partial charge in [-0.05, 0) is 43.7 Å². The van der Waals surface area contributed by atoms with E-state index in [4.69, 9.17) is 4.74 Å². The first kappa shape index (κ1) is 22.5. The maximum Gasteiger partial charge on any atom is 0.237 e. The second-order valence-corrected chi connectivity index (χ2v) is 8.04. The number of halogens is 2. The van der Waals surface area contributed by atoms with Gasteiger partial charge < -0.3 is 10.1 Å². The van der Waals surface area contributed by atoms with E-state index in [2.05, 4.69) is 22.1 Å². The Labute approximate surface area is 183 Å². The minimum absolute atomic E-state index is 0.00551. The SMILES string of the molecule is C=CCn1c(COc2ccccc2F)nnc1SC(C)C(=O)Nc1ccc(C)c(F)c1.